The van der Waals surface area contributed by atoms with Crippen LogP contribution >= 0.6 is 0 Å². The van der Waals surface area contributed by atoms with Crippen LogP contribution in [0.4, 0.5) is 17.3 Å². The van der Waals surface area contributed by atoms with Crippen molar-refractivity contribution in [3.05, 3.63) is 54.9 Å². The summed E-state index contributed by atoms with van der Waals surface area (Å²) in [6, 6.07) is 9.44. The number of piperidine rings is 1. The maximum absolute atomic E-state index is 12.2. The van der Waals surface area contributed by atoms with Crippen LogP contribution in [0.25, 0.3) is 0 Å². The molecule has 0 bridgehead atoms. The number of carbonyl (C=O) groups excluding carboxylic acids is 2. The Morgan fingerprint density at radius 1 is 1.34 bits per heavy atom. The van der Waals surface area contributed by atoms with Crippen molar-refractivity contribution in [1.82, 2.24) is 14.9 Å². The summed E-state index contributed by atoms with van der Waals surface area (Å²) in [7, 11) is 1.92. The van der Waals surface area contributed by atoms with Gasteiger partial charge in [-0.25, -0.2) is 9.97 Å². The summed E-state index contributed by atoms with van der Waals surface area (Å²) in [4.78, 5) is 36.7. The van der Waals surface area contributed by atoms with Crippen LogP contribution in [-0.2, 0) is 4.79 Å². The van der Waals surface area contributed by atoms with Gasteiger partial charge in [0, 0.05) is 25.3 Å². The summed E-state index contributed by atoms with van der Waals surface area (Å²) in [6.07, 6.45) is 4.69. The molecule has 0 aliphatic carbocycles. The van der Waals surface area contributed by atoms with E-state index >= 15 is 0 Å². The number of primary amides is 1. The van der Waals surface area contributed by atoms with E-state index in [-0.39, 0.29) is 23.7 Å². The van der Waals surface area contributed by atoms with Gasteiger partial charge in [-0.3, -0.25) is 9.59 Å². The molecule has 2 heterocycles. The molecule has 0 spiro atoms. The topological polar surface area (TPSA) is 104 Å². The van der Waals surface area contributed by atoms with Crippen LogP contribution in [0.2, 0.25) is 0 Å². The summed E-state index contributed by atoms with van der Waals surface area (Å²) < 4.78 is 0. The number of hydrogen-bond donors (Lipinski definition) is 2. The van der Waals surface area contributed by atoms with Crippen molar-refractivity contribution in [3.63, 3.8) is 0 Å². The first kappa shape index (κ1) is 20.3. The number of amides is 2. The first-order valence-electron chi connectivity index (χ1n) is 9.57. The van der Waals surface area contributed by atoms with Gasteiger partial charge in [-0.15, -0.1) is 0 Å². The van der Waals surface area contributed by atoms with Crippen LogP contribution in [-0.4, -0.2) is 52.4 Å². The molecule has 1 aliphatic rings. The van der Waals surface area contributed by atoms with Gasteiger partial charge >= 0.3 is 0 Å². The lowest BCUT2D eigenvalue weighted by molar-refractivity contribution is -0.129. The Morgan fingerprint density at radius 2 is 2.07 bits per heavy atom. The molecular formula is C21H26N6O2. The first-order valence-corrected chi connectivity index (χ1v) is 9.57. The molecule has 1 aromatic carbocycles. The number of aromatic nitrogens is 2. The van der Waals surface area contributed by atoms with E-state index in [1.54, 1.807) is 0 Å². The summed E-state index contributed by atoms with van der Waals surface area (Å²) in [6.45, 7) is 6.33. The van der Waals surface area contributed by atoms with Crippen molar-refractivity contribution < 1.29 is 9.59 Å². The average molecular weight is 394 g/mol. The van der Waals surface area contributed by atoms with E-state index in [1.807, 2.05) is 54.1 Å². The molecule has 2 aromatic rings. The number of likely N-dealkylation sites (N-methyl/N-ethyl adjacent to an activating group) is 1. The fourth-order valence-electron chi connectivity index (χ4n) is 3.71. The van der Waals surface area contributed by atoms with E-state index in [1.165, 1.54) is 12.3 Å². The molecule has 29 heavy (non-hydrogen) atoms. The maximum atomic E-state index is 12.2. The van der Waals surface area contributed by atoms with E-state index in [0.717, 1.165) is 18.5 Å². The minimum Gasteiger partial charge on any atom is -0.364 e. The fraction of sp³-hybridized carbons (Fsp3) is 0.333. The van der Waals surface area contributed by atoms with Crippen molar-refractivity contribution in [2.24, 2.45) is 5.73 Å². The number of nitrogens with zero attached hydrogens (tertiary/aromatic N) is 4. The summed E-state index contributed by atoms with van der Waals surface area (Å²) >= 11 is 0. The van der Waals surface area contributed by atoms with Gasteiger partial charge in [0.1, 0.15) is 5.82 Å². The van der Waals surface area contributed by atoms with Crippen molar-refractivity contribution in [2.75, 3.05) is 23.8 Å². The minimum atomic E-state index is -0.654. The zero-order chi connectivity index (χ0) is 21.0. The third kappa shape index (κ3) is 4.37. The van der Waals surface area contributed by atoms with Crippen LogP contribution in [0.15, 0.2) is 49.2 Å². The number of hydrogen-bond acceptors (Lipinski definition) is 6. The lowest BCUT2D eigenvalue weighted by Gasteiger charge is -2.43. The Bertz CT molecular complexity index is 901. The van der Waals surface area contributed by atoms with Gasteiger partial charge in [-0.05, 0) is 38.0 Å². The highest BCUT2D eigenvalue weighted by atomic mass is 16.2. The van der Waals surface area contributed by atoms with Crippen LogP contribution in [0.5, 0.6) is 0 Å². The van der Waals surface area contributed by atoms with Crippen molar-refractivity contribution in [1.29, 1.82) is 0 Å². The van der Waals surface area contributed by atoms with Gasteiger partial charge in [0.05, 0.1) is 12.2 Å². The number of likely N-dealkylation sites (tertiary alicyclic amines) is 1. The zero-order valence-corrected chi connectivity index (χ0v) is 16.7. The molecule has 152 valence electrons. The lowest BCUT2D eigenvalue weighted by Crippen LogP contribution is -2.55. The van der Waals surface area contributed by atoms with Crippen LogP contribution < -0.4 is 16.0 Å². The summed E-state index contributed by atoms with van der Waals surface area (Å²) in [5.41, 5.74) is 6.33. The second-order valence-corrected chi connectivity index (χ2v) is 7.08. The number of rotatable bonds is 6. The smallest absolute Gasteiger partial charge is 0.271 e. The number of nitrogens with one attached hydrogen (secondary N) is 1. The van der Waals surface area contributed by atoms with E-state index in [4.69, 9.17) is 5.73 Å². The Hall–Kier alpha value is -3.42. The quantitative estimate of drug-likeness (QED) is 0.729. The Balaban J connectivity index is 1.89. The summed E-state index contributed by atoms with van der Waals surface area (Å²) in [5.74, 6) is 0.171. The SMILES string of the molecule is C=CC(=O)N1CCC[C@@H](N(C)c2cnc(C(N)=O)c(Nc3ccccc3)n2)[C@H]1C. The van der Waals surface area contributed by atoms with Crippen molar-refractivity contribution in [2.45, 2.75) is 31.8 Å². The first-order chi connectivity index (χ1) is 13.9. The number of para-hydroxylation sites is 1. The van der Waals surface area contributed by atoms with Gasteiger partial charge in [-0.1, -0.05) is 24.8 Å². The minimum absolute atomic E-state index is 0.0117. The highest BCUT2D eigenvalue weighted by Gasteiger charge is 2.33. The van der Waals surface area contributed by atoms with E-state index in [2.05, 4.69) is 21.9 Å². The largest absolute Gasteiger partial charge is 0.364 e. The standard InChI is InChI=1S/C21H26N6O2/c1-4-18(28)27-12-8-11-16(14(27)2)26(3)17-13-23-19(20(22)29)21(25-17)24-15-9-6-5-7-10-15/h4-7,9-10,13-14,16H,1,8,11-12H2,2-3H3,(H2,22,29)(H,24,25)/t14-,16-/m1/s1. The van der Waals surface area contributed by atoms with Gasteiger partial charge in [-0.2, -0.15) is 0 Å². The van der Waals surface area contributed by atoms with Gasteiger partial charge < -0.3 is 20.9 Å². The second kappa shape index (κ2) is 8.72. The predicted molar refractivity (Wildman–Crippen MR) is 113 cm³/mol. The molecule has 0 saturated carbocycles. The van der Waals surface area contributed by atoms with Crippen LogP contribution in [0.1, 0.15) is 30.3 Å². The van der Waals surface area contributed by atoms with Gasteiger partial charge in [0.25, 0.3) is 5.91 Å². The van der Waals surface area contributed by atoms with Gasteiger partial charge in [0.2, 0.25) is 5.91 Å². The molecule has 2 atom stereocenters. The molecule has 2 amide bonds. The molecule has 1 aliphatic heterocycles. The highest BCUT2D eigenvalue weighted by molar-refractivity contribution is 5.96. The number of benzene rings is 1. The zero-order valence-electron chi connectivity index (χ0n) is 16.7. The lowest BCUT2D eigenvalue weighted by atomic mass is 9.96. The number of nitrogens with two attached hydrogens (primary N) is 1. The predicted octanol–water partition coefficient (Wildman–Crippen LogP) is 2.32. The molecule has 1 saturated heterocycles. The molecule has 0 unspecified atom stereocenters. The molecule has 8 nitrogen and oxygen atoms in total. The molecular weight excluding hydrogens is 368 g/mol. The molecule has 1 aromatic heterocycles. The van der Waals surface area contributed by atoms with E-state index < -0.39 is 5.91 Å². The molecule has 0 radical (unpaired) electrons. The maximum Gasteiger partial charge on any atom is 0.271 e. The molecule has 8 heteroatoms. The Kier molecular flexibility index (Phi) is 6.11. The summed E-state index contributed by atoms with van der Waals surface area (Å²) in [5, 5.41) is 3.12. The van der Waals surface area contributed by atoms with Crippen LogP contribution in [0, 0.1) is 0 Å². The monoisotopic (exact) mass is 394 g/mol. The van der Waals surface area contributed by atoms with E-state index in [9.17, 15) is 9.59 Å². The van der Waals surface area contributed by atoms with Crippen molar-refractivity contribution in [3.8, 4) is 0 Å². The average Bonchev–Trinajstić information content (AvgIpc) is 2.73. The fourth-order valence-corrected chi connectivity index (χ4v) is 3.71. The second-order valence-electron chi connectivity index (χ2n) is 7.08. The van der Waals surface area contributed by atoms with Gasteiger partial charge in [0.15, 0.2) is 11.5 Å². The Morgan fingerprint density at radius 3 is 2.72 bits per heavy atom. The van der Waals surface area contributed by atoms with Crippen molar-refractivity contribution >= 4 is 29.1 Å². The van der Waals surface area contributed by atoms with E-state index in [0.29, 0.717) is 18.2 Å². The molecule has 1 fully saturated rings. The third-order valence-electron chi connectivity index (χ3n) is 5.29. The third-order valence-corrected chi connectivity index (χ3v) is 5.29. The van der Waals surface area contributed by atoms with Crippen LogP contribution in [0.3, 0.4) is 0 Å². The number of anilines is 3. The Labute approximate surface area is 170 Å². The highest BCUT2D eigenvalue weighted by Crippen LogP contribution is 2.27. The normalized spacial score (nSPS) is 18.8. The molecule has 3 N–H and O–H groups in total. The number of carbonyl (C=O) groups is 2. The molecule has 3 rings (SSSR count).